The zero-order valence-electron chi connectivity index (χ0n) is 11.9. The Morgan fingerprint density at radius 3 is 2.48 bits per heavy atom. The third kappa shape index (κ3) is 3.00. The topological polar surface area (TPSA) is 87.1 Å². The number of rotatable bonds is 5. The maximum atomic E-state index is 11.5. The molecule has 1 fully saturated rings. The van der Waals surface area contributed by atoms with Gasteiger partial charge in [0.15, 0.2) is 0 Å². The number of benzene rings is 1. The summed E-state index contributed by atoms with van der Waals surface area (Å²) in [7, 11) is 0. The minimum absolute atomic E-state index is 0.0856. The highest BCUT2D eigenvalue weighted by molar-refractivity contribution is 5.84. The maximum Gasteiger partial charge on any atom is 0.408 e. The molecule has 1 aromatic carbocycles. The number of aliphatic carboxylic acids is 1. The molecule has 1 heterocycles. The molecule has 1 saturated heterocycles. The Balaban J connectivity index is 2.07. The van der Waals surface area contributed by atoms with E-state index < -0.39 is 23.7 Å². The molecule has 0 bridgehead atoms. The largest absolute Gasteiger partial charge is 0.479 e. The van der Waals surface area contributed by atoms with E-state index in [9.17, 15) is 19.8 Å². The highest BCUT2D eigenvalue weighted by Crippen LogP contribution is 2.34. The predicted molar refractivity (Wildman–Crippen MR) is 75.0 cm³/mol. The fourth-order valence-corrected chi connectivity index (χ4v) is 2.78. The molecule has 114 valence electrons. The van der Waals surface area contributed by atoms with E-state index in [1.54, 1.807) is 6.92 Å². The van der Waals surface area contributed by atoms with Crippen LogP contribution in [0.15, 0.2) is 30.3 Å². The van der Waals surface area contributed by atoms with Crippen molar-refractivity contribution in [3.63, 3.8) is 0 Å². The molecule has 0 saturated carbocycles. The summed E-state index contributed by atoms with van der Waals surface area (Å²) in [5.41, 5.74) is -0.406. The summed E-state index contributed by atoms with van der Waals surface area (Å²) in [6.45, 7) is 2.12. The molecule has 6 heteroatoms. The molecule has 0 aliphatic carbocycles. The molecular formula is C15H19NO5. The van der Waals surface area contributed by atoms with Gasteiger partial charge in [-0.15, -0.1) is 0 Å². The number of carbonyl (C=O) groups is 2. The van der Waals surface area contributed by atoms with Crippen molar-refractivity contribution in [3.05, 3.63) is 35.9 Å². The van der Waals surface area contributed by atoms with Crippen molar-refractivity contribution in [1.29, 1.82) is 0 Å². The predicted octanol–water partition coefficient (Wildman–Crippen LogP) is 2.19. The molecule has 21 heavy (non-hydrogen) atoms. The number of likely N-dealkylation sites (tertiary alicyclic amines) is 1. The first-order chi connectivity index (χ1) is 9.99. The van der Waals surface area contributed by atoms with E-state index in [4.69, 9.17) is 4.74 Å². The van der Waals surface area contributed by atoms with Crippen molar-refractivity contribution < 1.29 is 24.5 Å². The number of ether oxygens (including phenoxy) is 1. The van der Waals surface area contributed by atoms with Crippen molar-refractivity contribution in [2.45, 2.75) is 38.0 Å². The van der Waals surface area contributed by atoms with Gasteiger partial charge in [-0.25, -0.2) is 9.59 Å². The summed E-state index contributed by atoms with van der Waals surface area (Å²) in [6.07, 6.45) is -1.22. The van der Waals surface area contributed by atoms with E-state index in [0.717, 1.165) is 10.5 Å². The fraction of sp³-hybridized carbons (Fsp3) is 0.467. The van der Waals surface area contributed by atoms with Crippen LogP contribution in [0.4, 0.5) is 4.79 Å². The molecule has 1 amide bonds. The third-order valence-corrected chi connectivity index (χ3v) is 4.01. The zero-order chi connectivity index (χ0) is 15.5. The van der Waals surface area contributed by atoms with Crippen LogP contribution in [0.1, 0.15) is 25.3 Å². The first-order valence-electron chi connectivity index (χ1n) is 6.89. The highest BCUT2D eigenvalue weighted by atomic mass is 16.5. The summed E-state index contributed by atoms with van der Waals surface area (Å²) >= 11 is 0. The molecule has 2 atom stereocenters. The van der Waals surface area contributed by atoms with Gasteiger partial charge in [0, 0.05) is 6.42 Å². The van der Waals surface area contributed by atoms with Crippen molar-refractivity contribution >= 4 is 12.1 Å². The molecule has 0 aromatic heterocycles. The second-order valence-corrected chi connectivity index (χ2v) is 5.21. The molecule has 1 unspecified atom stereocenters. The van der Waals surface area contributed by atoms with Gasteiger partial charge in [-0.3, -0.25) is 4.90 Å². The Bertz CT molecular complexity index is 518. The van der Waals surface area contributed by atoms with Crippen LogP contribution in [0.3, 0.4) is 0 Å². The van der Waals surface area contributed by atoms with Crippen LogP contribution in [-0.4, -0.2) is 45.4 Å². The SMILES string of the molecule is CCC1(C(=O)O)C[C@@H](OCc2ccccc2)CN1C(=O)O. The Morgan fingerprint density at radius 2 is 2.00 bits per heavy atom. The smallest absolute Gasteiger partial charge is 0.408 e. The van der Waals surface area contributed by atoms with Gasteiger partial charge < -0.3 is 14.9 Å². The molecule has 0 spiro atoms. The zero-order valence-corrected chi connectivity index (χ0v) is 11.9. The minimum Gasteiger partial charge on any atom is -0.479 e. The van der Waals surface area contributed by atoms with Crippen LogP contribution in [0, 0.1) is 0 Å². The lowest BCUT2D eigenvalue weighted by Crippen LogP contribution is -2.52. The van der Waals surface area contributed by atoms with E-state index in [0.29, 0.717) is 6.61 Å². The van der Waals surface area contributed by atoms with Crippen LogP contribution in [0.2, 0.25) is 0 Å². The van der Waals surface area contributed by atoms with Gasteiger partial charge in [0.05, 0.1) is 19.3 Å². The molecular weight excluding hydrogens is 274 g/mol. The van der Waals surface area contributed by atoms with Gasteiger partial charge in [-0.05, 0) is 12.0 Å². The van der Waals surface area contributed by atoms with E-state index in [2.05, 4.69) is 0 Å². The van der Waals surface area contributed by atoms with Crippen molar-refractivity contribution in [2.75, 3.05) is 6.54 Å². The Labute approximate surface area is 122 Å². The van der Waals surface area contributed by atoms with E-state index in [1.807, 2.05) is 30.3 Å². The van der Waals surface area contributed by atoms with Gasteiger partial charge in [0.2, 0.25) is 0 Å². The number of amides is 1. The lowest BCUT2D eigenvalue weighted by molar-refractivity contribution is -0.149. The molecule has 6 nitrogen and oxygen atoms in total. The van der Waals surface area contributed by atoms with E-state index in [-0.39, 0.29) is 19.4 Å². The molecule has 1 aliphatic heterocycles. The maximum absolute atomic E-state index is 11.5. The average molecular weight is 293 g/mol. The summed E-state index contributed by atoms with van der Waals surface area (Å²) < 4.78 is 5.71. The van der Waals surface area contributed by atoms with E-state index in [1.165, 1.54) is 0 Å². The fourth-order valence-electron chi connectivity index (χ4n) is 2.78. The Hall–Kier alpha value is -2.08. The summed E-state index contributed by atoms with van der Waals surface area (Å²) in [5, 5.41) is 18.7. The monoisotopic (exact) mass is 293 g/mol. The first kappa shape index (κ1) is 15.3. The van der Waals surface area contributed by atoms with Crippen LogP contribution in [-0.2, 0) is 16.1 Å². The Kier molecular flexibility index (Phi) is 4.47. The summed E-state index contributed by atoms with van der Waals surface area (Å²) in [6, 6.07) is 9.51. The van der Waals surface area contributed by atoms with Crippen LogP contribution < -0.4 is 0 Å². The van der Waals surface area contributed by atoms with Crippen LogP contribution in [0.25, 0.3) is 0 Å². The number of nitrogens with zero attached hydrogens (tertiary/aromatic N) is 1. The summed E-state index contributed by atoms with van der Waals surface area (Å²) in [4.78, 5) is 23.8. The minimum atomic E-state index is -1.38. The number of carboxylic acid groups (broad SMARTS) is 2. The lowest BCUT2D eigenvalue weighted by Gasteiger charge is -2.30. The molecule has 1 aromatic rings. The van der Waals surface area contributed by atoms with E-state index >= 15 is 0 Å². The third-order valence-electron chi connectivity index (χ3n) is 4.01. The number of hydrogen-bond acceptors (Lipinski definition) is 3. The van der Waals surface area contributed by atoms with Crippen LogP contribution >= 0.6 is 0 Å². The average Bonchev–Trinajstić information content (AvgIpc) is 2.87. The molecule has 2 rings (SSSR count). The van der Waals surface area contributed by atoms with Gasteiger partial charge in [0.1, 0.15) is 5.54 Å². The summed E-state index contributed by atoms with van der Waals surface area (Å²) in [5.74, 6) is -1.11. The molecule has 2 N–H and O–H groups in total. The second-order valence-electron chi connectivity index (χ2n) is 5.21. The normalized spacial score (nSPS) is 25.0. The highest BCUT2D eigenvalue weighted by Gasteiger charge is 2.53. The second kappa shape index (κ2) is 6.13. The number of hydrogen-bond donors (Lipinski definition) is 2. The van der Waals surface area contributed by atoms with Gasteiger partial charge in [0.25, 0.3) is 0 Å². The number of carboxylic acids is 1. The van der Waals surface area contributed by atoms with Crippen molar-refractivity contribution in [3.8, 4) is 0 Å². The standard InChI is InChI=1S/C15H19NO5/c1-2-15(13(17)18)8-12(9-16(15)14(19)20)21-10-11-6-4-3-5-7-11/h3-7,12H,2,8-10H2,1H3,(H,17,18)(H,19,20)/t12-,15?/m1/s1. The lowest BCUT2D eigenvalue weighted by atomic mass is 9.92. The van der Waals surface area contributed by atoms with Crippen molar-refractivity contribution in [1.82, 2.24) is 4.90 Å². The van der Waals surface area contributed by atoms with Crippen LogP contribution in [0.5, 0.6) is 0 Å². The molecule has 0 radical (unpaired) electrons. The first-order valence-corrected chi connectivity index (χ1v) is 6.89. The quantitative estimate of drug-likeness (QED) is 0.869. The molecule has 1 aliphatic rings. The van der Waals surface area contributed by atoms with Gasteiger partial charge in [-0.1, -0.05) is 37.3 Å². The van der Waals surface area contributed by atoms with Gasteiger partial charge >= 0.3 is 12.1 Å². The van der Waals surface area contributed by atoms with Gasteiger partial charge in [-0.2, -0.15) is 0 Å². The van der Waals surface area contributed by atoms with Crippen molar-refractivity contribution in [2.24, 2.45) is 0 Å². The Morgan fingerprint density at radius 1 is 1.33 bits per heavy atom.